The Morgan fingerprint density at radius 1 is 1.32 bits per heavy atom. The van der Waals surface area contributed by atoms with Crippen LogP contribution < -0.4 is 4.74 Å². The normalized spacial score (nSPS) is 10.7. The van der Waals surface area contributed by atoms with Crippen molar-refractivity contribution in [2.75, 3.05) is 14.2 Å². The van der Waals surface area contributed by atoms with Gasteiger partial charge in [-0.25, -0.2) is 4.39 Å². The Bertz CT molecular complexity index is 820. The summed E-state index contributed by atoms with van der Waals surface area (Å²) in [4.78, 5) is 24.0. The van der Waals surface area contributed by atoms with Crippen LogP contribution in [0.2, 0.25) is 0 Å². The molecule has 0 atom stereocenters. The highest BCUT2D eigenvalue weighted by molar-refractivity contribution is 5.92. The summed E-state index contributed by atoms with van der Waals surface area (Å²) in [7, 11) is 2.94. The lowest BCUT2D eigenvalue weighted by Gasteiger charge is -2.15. The van der Waals surface area contributed by atoms with Crippen LogP contribution in [0.5, 0.6) is 5.75 Å². The molecule has 1 amide bonds. The number of nitrogens with zero attached hydrogens (tertiary/aromatic N) is 2. The number of para-hydroxylation sites is 1. The van der Waals surface area contributed by atoms with Gasteiger partial charge in [-0.05, 0) is 29.8 Å². The molecule has 0 unspecified atom stereocenters. The molecule has 0 aromatic heterocycles. The summed E-state index contributed by atoms with van der Waals surface area (Å²) in [6, 6.07) is 10.6. The van der Waals surface area contributed by atoms with Gasteiger partial charge in [0.15, 0.2) is 11.6 Å². The fourth-order valence-corrected chi connectivity index (χ4v) is 2.24. The molecular weight excluding hydrogens is 327 g/mol. The third kappa shape index (κ3) is 4.63. The van der Waals surface area contributed by atoms with E-state index in [4.69, 9.17) is 4.74 Å². The first-order chi connectivity index (χ1) is 11.9. The molecule has 2 aromatic carbocycles. The number of likely N-dealkylation sites (N-methyl/N-ethyl adjacent to an activating group) is 1. The molecule has 25 heavy (non-hydrogen) atoms. The van der Waals surface area contributed by atoms with Crippen molar-refractivity contribution in [1.29, 1.82) is 0 Å². The molecule has 7 heteroatoms. The van der Waals surface area contributed by atoms with Gasteiger partial charge in [-0.1, -0.05) is 18.2 Å². The molecule has 0 aliphatic carbocycles. The number of hydrogen-bond acceptors (Lipinski definition) is 4. The van der Waals surface area contributed by atoms with Crippen molar-refractivity contribution >= 4 is 17.7 Å². The molecule has 0 fully saturated rings. The molecular formula is C18H17FN2O4. The standard InChI is InChI=1S/C18H17FN2O4/c1-20(12-13-7-9-17(25-2)15(19)11-13)18(22)10-8-14-5-3-4-6-16(14)21(23)24/h3-11H,12H2,1-2H3/b10-8+. The van der Waals surface area contributed by atoms with E-state index in [1.807, 2.05) is 0 Å². The molecule has 0 aliphatic rings. The average molecular weight is 344 g/mol. The lowest BCUT2D eigenvalue weighted by Crippen LogP contribution is -2.24. The van der Waals surface area contributed by atoms with E-state index in [2.05, 4.69) is 0 Å². The molecule has 0 bridgehead atoms. The summed E-state index contributed by atoms with van der Waals surface area (Å²) < 4.78 is 18.5. The predicted octanol–water partition coefficient (Wildman–Crippen LogP) is 3.41. The molecule has 0 saturated heterocycles. The summed E-state index contributed by atoms with van der Waals surface area (Å²) in [5.74, 6) is -0.723. The molecule has 6 nitrogen and oxygen atoms in total. The Morgan fingerprint density at radius 2 is 2.04 bits per heavy atom. The van der Waals surface area contributed by atoms with Crippen molar-refractivity contribution in [3.63, 3.8) is 0 Å². The minimum atomic E-state index is -0.506. The van der Waals surface area contributed by atoms with Crippen LogP contribution >= 0.6 is 0 Å². The average Bonchev–Trinajstić information content (AvgIpc) is 2.59. The van der Waals surface area contributed by atoms with E-state index < -0.39 is 10.7 Å². The maximum absolute atomic E-state index is 13.7. The maximum atomic E-state index is 13.7. The highest BCUT2D eigenvalue weighted by atomic mass is 19.1. The lowest BCUT2D eigenvalue weighted by atomic mass is 10.1. The first-order valence-corrected chi connectivity index (χ1v) is 7.41. The summed E-state index contributed by atoms with van der Waals surface area (Å²) in [6.07, 6.45) is 2.65. The predicted molar refractivity (Wildman–Crippen MR) is 91.6 cm³/mol. The minimum Gasteiger partial charge on any atom is -0.494 e. The second-order valence-corrected chi connectivity index (χ2v) is 5.31. The van der Waals surface area contributed by atoms with Gasteiger partial charge in [-0.15, -0.1) is 0 Å². The number of benzene rings is 2. The van der Waals surface area contributed by atoms with Crippen LogP contribution in [0.4, 0.5) is 10.1 Å². The van der Waals surface area contributed by atoms with Gasteiger partial charge in [0.1, 0.15) is 0 Å². The maximum Gasteiger partial charge on any atom is 0.276 e. The van der Waals surface area contributed by atoms with Crippen LogP contribution in [0.15, 0.2) is 48.5 Å². The summed E-state index contributed by atoms with van der Waals surface area (Å²) in [5.41, 5.74) is 0.865. The van der Waals surface area contributed by atoms with Gasteiger partial charge in [-0.3, -0.25) is 14.9 Å². The highest BCUT2D eigenvalue weighted by Gasteiger charge is 2.12. The Labute approximate surface area is 144 Å². The number of methoxy groups -OCH3 is 1. The molecule has 2 aromatic rings. The van der Waals surface area contributed by atoms with E-state index in [1.54, 1.807) is 31.3 Å². The lowest BCUT2D eigenvalue weighted by molar-refractivity contribution is -0.385. The van der Waals surface area contributed by atoms with Crippen LogP contribution in [0.25, 0.3) is 6.08 Å². The number of carbonyl (C=O) groups excluding carboxylic acids is 1. The monoisotopic (exact) mass is 344 g/mol. The van der Waals surface area contributed by atoms with E-state index in [0.29, 0.717) is 11.1 Å². The van der Waals surface area contributed by atoms with Crippen LogP contribution in [-0.4, -0.2) is 29.9 Å². The highest BCUT2D eigenvalue weighted by Crippen LogP contribution is 2.20. The largest absolute Gasteiger partial charge is 0.494 e. The van der Waals surface area contributed by atoms with E-state index in [-0.39, 0.29) is 23.9 Å². The Morgan fingerprint density at radius 3 is 2.68 bits per heavy atom. The van der Waals surface area contributed by atoms with Crippen molar-refractivity contribution in [3.8, 4) is 5.75 Å². The molecule has 0 aliphatic heterocycles. The SMILES string of the molecule is COc1ccc(CN(C)C(=O)/C=C/c2ccccc2[N+](=O)[O-])cc1F. The molecule has 0 heterocycles. The zero-order valence-corrected chi connectivity index (χ0v) is 13.8. The van der Waals surface area contributed by atoms with E-state index in [1.165, 1.54) is 42.4 Å². The molecule has 0 N–H and O–H groups in total. The zero-order chi connectivity index (χ0) is 18.4. The number of hydrogen-bond donors (Lipinski definition) is 0. The summed E-state index contributed by atoms with van der Waals surface area (Å²) in [5, 5.41) is 11.0. The van der Waals surface area contributed by atoms with Gasteiger partial charge in [-0.2, -0.15) is 0 Å². The van der Waals surface area contributed by atoms with Gasteiger partial charge < -0.3 is 9.64 Å². The number of ether oxygens (including phenoxy) is 1. The minimum absolute atomic E-state index is 0.0774. The van der Waals surface area contributed by atoms with Gasteiger partial charge in [0.2, 0.25) is 5.91 Å². The fourth-order valence-electron chi connectivity index (χ4n) is 2.24. The van der Waals surface area contributed by atoms with Crippen LogP contribution in [0.3, 0.4) is 0 Å². The van der Waals surface area contributed by atoms with Gasteiger partial charge in [0.25, 0.3) is 5.69 Å². The Kier molecular flexibility index (Phi) is 5.84. The van der Waals surface area contributed by atoms with Gasteiger partial charge >= 0.3 is 0 Å². The third-order valence-electron chi connectivity index (χ3n) is 3.55. The van der Waals surface area contributed by atoms with E-state index in [0.717, 1.165) is 0 Å². The quantitative estimate of drug-likeness (QED) is 0.457. The van der Waals surface area contributed by atoms with Crippen molar-refractivity contribution in [2.24, 2.45) is 0 Å². The second kappa shape index (κ2) is 8.05. The van der Waals surface area contributed by atoms with Crippen molar-refractivity contribution in [3.05, 3.63) is 75.6 Å². The topological polar surface area (TPSA) is 72.7 Å². The first kappa shape index (κ1) is 18.1. The fraction of sp³-hybridized carbons (Fsp3) is 0.167. The number of nitro benzene ring substituents is 1. The summed E-state index contributed by atoms with van der Waals surface area (Å²) >= 11 is 0. The number of halogens is 1. The molecule has 130 valence electrons. The molecule has 0 saturated carbocycles. The van der Waals surface area contributed by atoms with Gasteiger partial charge in [0.05, 0.1) is 17.6 Å². The second-order valence-electron chi connectivity index (χ2n) is 5.31. The molecule has 2 rings (SSSR count). The number of nitro groups is 1. The van der Waals surface area contributed by atoms with Crippen LogP contribution in [0.1, 0.15) is 11.1 Å². The Hall–Kier alpha value is -3.22. The van der Waals surface area contributed by atoms with Crippen molar-refractivity contribution in [1.82, 2.24) is 4.90 Å². The third-order valence-corrected chi connectivity index (χ3v) is 3.55. The number of carbonyl (C=O) groups is 1. The number of amides is 1. The van der Waals surface area contributed by atoms with Crippen LogP contribution in [-0.2, 0) is 11.3 Å². The Balaban J connectivity index is 2.08. The van der Waals surface area contributed by atoms with E-state index >= 15 is 0 Å². The smallest absolute Gasteiger partial charge is 0.276 e. The van der Waals surface area contributed by atoms with Crippen molar-refractivity contribution < 1.29 is 18.8 Å². The van der Waals surface area contributed by atoms with E-state index in [9.17, 15) is 19.3 Å². The van der Waals surface area contributed by atoms with Crippen LogP contribution in [0, 0.1) is 15.9 Å². The number of rotatable bonds is 6. The zero-order valence-electron chi connectivity index (χ0n) is 13.8. The summed E-state index contributed by atoms with van der Waals surface area (Å²) in [6.45, 7) is 0.195. The molecule has 0 radical (unpaired) electrons. The van der Waals surface area contributed by atoms with Gasteiger partial charge in [0, 0.05) is 25.7 Å². The van der Waals surface area contributed by atoms with Crippen molar-refractivity contribution in [2.45, 2.75) is 6.54 Å². The molecule has 0 spiro atoms. The first-order valence-electron chi connectivity index (χ1n) is 7.41.